The van der Waals surface area contributed by atoms with E-state index in [4.69, 9.17) is 0 Å². The van der Waals surface area contributed by atoms with E-state index in [1.807, 2.05) is 50.2 Å². The maximum absolute atomic E-state index is 13.6. The van der Waals surface area contributed by atoms with E-state index >= 15 is 0 Å². The van der Waals surface area contributed by atoms with Crippen LogP contribution in [0.25, 0.3) is 11.2 Å². The van der Waals surface area contributed by atoms with E-state index in [2.05, 4.69) is 4.98 Å². The topological polar surface area (TPSA) is 78.9 Å². The van der Waals surface area contributed by atoms with Crippen molar-refractivity contribution in [1.29, 1.82) is 0 Å². The molecule has 4 rings (SSSR count). The number of carbonyl (C=O) groups excluding carboxylic acids is 1. The number of aryl methyl sites for hydroxylation is 3. The van der Waals surface area contributed by atoms with E-state index in [0.717, 1.165) is 21.3 Å². The van der Waals surface area contributed by atoms with Gasteiger partial charge in [0.1, 0.15) is 6.04 Å². The van der Waals surface area contributed by atoms with E-state index in [0.29, 0.717) is 5.56 Å². The van der Waals surface area contributed by atoms with Crippen molar-refractivity contribution in [1.82, 2.24) is 18.7 Å². The van der Waals surface area contributed by atoms with Crippen molar-refractivity contribution in [3.63, 3.8) is 0 Å². The zero-order valence-electron chi connectivity index (χ0n) is 17.3. The Morgan fingerprint density at radius 1 is 0.867 bits per heavy atom. The largest absolute Gasteiger partial charge is 0.332 e. The van der Waals surface area contributed by atoms with Gasteiger partial charge in [0.25, 0.3) is 5.56 Å². The Hall–Kier alpha value is -3.74. The zero-order valence-corrected chi connectivity index (χ0v) is 17.3. The van der Waals surface area contributed by atoms with E-state index in [-0.39, 0.29) is 16.9 Å². The number of rotatable bonds is 4. The van der Waals surface area contributed by atoms with Gasteiger partial charge in [-0.1, -0.05) is 59.7 Å². The fourth-order valence-corrected chi connectivity index (χ4v) is 3.62. The fourth-order valence-electron chi connectivity index (χ4n) is 3.62. The normalized spacial score (nSPS) is 12.3. The molecule has 7 nitrogen and oxygen atoms in total. The highest BCUT2D eigenvalue weighted by Gasteiger charge is 2.28. The molecule has 0 aliphatic rings. The lowest BCUT2D eigenvalue weighted by molar-refractivity contribution is 0.0947. The molecule has 0 saturated heterocycles. The van der Waals surface area contributed by atoms with Crippen LogP contribution in [-0.4, -0.2) is 24.5 Å². The molecule has 152 valence electrons. The zero-order chi connectivity index (χ0) is 21.6. The number of Topliss-reactive ketones (excluding diaryl/α,β-unsaturated/α-hetero) is 1. The van der Waals surface area contributed by atoms with Gasteiger partial charge in [0.05, 0.1) is 6.33 Å². The lowest BCUT2D eigenvalue weighted by atomic mass is 9.96. The standard InChI is InChI=1S/C23H22N4O3/c1-14-5-9-16(10-6-14)18(20(28)17-11-7-15(2)8-12-17)27-13-24-21-19(27)22(29)26(4)23(30)25(21)3/h5-13,18H,1-4H3. The van der Waals surface area contributed by atoms with Crippen LogP contribution < -0.4 is 11.2 Å². The summed E-state index contributed by atoms with van der Waals surface area (Å²) in [5.41, 5.74) is 2.90. The third-order valence-electron chi connectivity index (χ3n) is 5.43. The Labute approximate surface area is 172 Å². The number of carbonyl (C=O) groups is 1. The van der Waals surface area contributed by atoms with Crippen molar-refractivity contribution >= 4 is 16.9 Å². The van der Waals surface area contributed by atoms with Crippen LogP contribution in [0.5, 0.6) is 0 Å². The van der Waals surface area contributed by atoms with Gasteiger partial charge >= 0.3 is 5.69 Å². The van der Waals surface area contributed by atoms with Gasteiger partial charge in [-0.3, -0.25) is 18.7 Å². The molecular formula is C23H22N4O3. The molecule has 0 N–H and O–H groups in total. The highest BCUT2D eigenvalue weighted by Crippen LogP contribution is 2.26. The lowest BCUT2D eigenvalue weighted by Gasteiger charge is -2.19. The van der Waals surface area contributed by atoms with Crippen LogP contribution in [0.1, 0.15) is 33.1 Å². The minimum atomic E-state index is -0.788. The summed E-state index contributed by atoms with van der Waals surface area (Å²) in [6.45, 7) is 3.93. The highest BCUT2D eigenvalue weighted by molar-refractivity contribution is 6.01. The molecule has 0 aliphatic carbocycles. The number of fused-ring (bicyclic) bond motifs is 1. The van der Waals surface area contributed by atoms with Crippen LogP contribution in [0.2, 0.25) is 0 Å². The molecule has 0 spiro atoms. The van der Waals surface area contributed by atoms with E-state index in [1.54, 1.807) is 23.7 Å². The minimum Gasteiger partial charge on any atom is -0.309 e. The van der Waals surface area contributed by atoms with Crippen LogP contribution in [0.15, 0.2) is 64.4 Å². The van der Waals surface area contributed by atoms with E-state index in [9.17, 15) is 14.4 Å². The first-order valence-electron chi connectivity index (χ1n) is 9.59. The van der Waals surface area contributed by atoms with Gasteiger partial charge < -0.3 is 4.57 Å². The summed E-state index contributed by atoms with van der Waals surface area (Å²) >= 11 is 0. The summed E-state index contributed by atoms with van der Waals surface area (Å²) < 4.78 is 3.92. The lowest BCUT2D eigenvalue weighted by Crippen LogP contribution is -2.38. The first-order valence-corrected chi connectivity index (χ1v) is 9.59. The van der Waals surface area contributed by atoms with Crippen LogP contribution in [0.4, 0.5) is 0 Å². The van der Waals surface area contributed by atoms with Crippen LogP contribution in [0, 0.1) is 13.8 Å². The van der Waals surface area contributed by atoms with Crippen LogP contribution in [0.3, 0.4) is 0 Å². The van der Waals surface area contributed by atoms with Gasteiger partial charge in [0, 0.05) is 19.7 Å². The van der Waals surface area contributed by atoms with Crippen molar-refractivity contribution in [3.8, 4) is 0 Å². The second-order valence-electron chi connectivity index (χ2n) is 7.57. The van der Waals surface area contributed by atoms with Crippen molar-refractivity contribution in [2.45, 2.75) is 19.9 Å². The Kier molecular flexibility index (Phi) is 4.73. The summed E-state index contributed by atoms with van der Waals surface area (Å²) in [6, 6.07) is 14.2. The molecular weight excluding hydrogens is 380 g/mol. The van der Waals surface area contributed by atoms with Crippen molar-refractivity contribution < 1.29 is 4.79 Å². The number of benzene rings is 2. The number of hydrogen-bond acceptors (Lipinski definition) is 4. The molecule has 1 atom stereocenters. The average Bonchev–Trinajstić information content (AvgIpc) is 3.17. The summed E-state index contributed by atoms with van der Waals surface area (Å²) in [5.74, 6) is -0.158. The quantitative estimate of drug-likeness (QED) is 0.492. The molecule has 2 aromatic heterocycles. The molecule has 0 bridgehead atoms. The predicted octanol–water partition coefficient (Wildman–Crippen LogP) is 2.52. The molecule has 0 amide bonds. The molecule has 2 aromatic carbocycles. The molecule has 1 unspecified atom stereocenters. The van der Waals surface area contributed by atoms with Crippen LogP contribution in [-0.2, 0) is 14.1 Å². The monoisotopic (exact) mass is 402 g/mol. The average molecular weight is 402 g/mol. The summed E-state index contributed by atoms with van der Waals surface area (Å²) in [4.78, 5) is 43.1. The number of hydrogen-bond donors (Lipinski definition) is 0. The molecule has 30 heavy (non-hydrogen) atoms. The van der Waals surface area contributed by atoms with Crippen molar-refractivity contribution in [2.24, 2.45) is 14.1 Å². The van der Waals surface area contributed by atoms with Crippen molar-refractivity contribution in [2.75, 3.05) is 0 Å². The number of ketones is 1. The summed E-state index contributed by atoms with van der Waals surface area (Å²) in [7, 11) is 2.98. The van der Waals surface area contributed by atoms with Gasteiger partial charge in [-0.15, -0.1) is 0 Å². The third kappa shape index (κ3) is 3.08. The van der Waals surface area contributed by atoms with Crippen molar-refractivity contribution in [3.05, 3.63) is 98.0 Å². The van der Waals surface area contributed by atoms with Gasteiger partial charge in [0.2, 0.25) is 0 Å². The molecule has 0 fully saturated rings. The maximum Gasteiger partial charge on any atom is 0.332 e. The van der Waals surface area contributed by atoms with E-state index in [1.165, 1.54) is 17.9 Å². The number of aromatic nitrogens is 4. The third-order valence-corrected chi connectivity index (χ3v) is 5.43. The van der Waals surface area contributed by atoms with Crippen LogP contribution >= 0.6 is 0 Å². The minimum absolute atomic E-state index is 0.158. The Bertz CT molecular complexity index is 1370. The Morgan fingerprint density at radius 3 is 2.03 bits per heavy atom. The molecule has 0 aliphatic heterocycles. The smallest absolute Gasteiger partial charge is 0.309 e. The SMILES string of the molecule is Cc1ccc(C(=O)C(c2ccc(C)cc2)n2cnc3c2c(=O)n(C)c(=O)n3C)cc1. The van der Waals surface area contributed by atoms with Gasteiger partial charge in [0.15, 0.2) is 16.9 Å². The Balaban J connectivity index is 2.01. The number of nitrogens with zero attached hydrogens (tertiary/aromatic N) is 4. The first-order chi connectivity index (χ1) is 14.3. The summed E-state index contributed by atoms with van der Waals surface area (Å²) in [5, 5.41) is 0. The predicted molar refractivity (Wildman–Crippen MR) is 115 cm³/mol. The van der Waals surface area contributed by atoms with Gasteiger partial charge in [-0.25, -0.2) is 9.78 Å². The van der Waals surface area contributed by atoms with E-state index < -0.39 is 17.3 Å². The first kappa shape index (κ1) is 19.6. The highest BCUT2D eigenvalue weighted by atomic mass is 16.2. The molecule has 0 saturated carbocycles. The van der Waals surface area contributed by atoms with Gasteiger partial charge in [-0.2, -0.15) is 0 Å². The second kappa shape index (κ2) is 7.26. The Morgan fingerprint density at radius 2 is 1.43 bits per heavy atom. The second-order valence-corrected chi connectivity index (χ2v) is 7.57. The fraction of sp³-hybridized carbons (Fsp3) is 0.217. The molecule has 7 heteroatoms. The van der Waals surface area contributed by atoms with Gasteiger partial charge in [-0.05, 0) is 19.4 Å². The maximum atomic E-state index is 13.6. The molecule has 4 aromatic rings. The number of imidazole rings is 1. The molecule has 0 radical (unpaired) electrons. The summed E-state index contributed by atoms with van der Waals surface area (Å²) in [6.07, 6.45) is 1.46. The molecule has 2 heterocycles.